The molecule has 6 heteroatoms. The topological polar surface area (TPSA) is 41.1 Å². The lowest BCUT2D eigenvalue weighted by atomic mass is 10.3. The molecule has 0 aliphatic rings. The fourth-order valence-corrected chi connectivity index (χ4v) is 1.54. The Morgan fingerprint density at radius 3 is 2.25 bits per heavy atom. The van der Waals surface area contributed by atoms with Gasteiger partial charge in [0.25, 0.3) is 0 Å². The summed E-state index contributed by atoms with van der Waals surface area (Å²) in [6, 6.07) is 8.32. The fraction of sp³-hybridized carbons (Fsp3) is 0.0714. The van der Waals surface area contributed by atoms with E-state index in [0.29, 0.717) is 11.8 Å². The maximum absolute atomic E-state index is 13.3. The van der Waals surface area contributed by atoms with Gasteiger partial charge in [0, 0.05) is 11.8 Å². The molecule has 0 aromatic heterocycles. The minimum Gasteiger partial charge on any atom is -0.376 e. The summed E-state index contributed by atoms with van der Waals surface area (Å²) in [5.41, 5.74) is 0.457. The molecule has 0 fully saturated rings. The molecule has 0 spiro atoms. The molecular weight excluding hydrogens is 269 g/mol. The first kappa shape index (κ1) is 13.9. The van der Waals surface area contributed by atoms with E-state index in [2.05, 4.69) is 10.6 Å². The summed E-state index contributed by atoms with van der Waals surface area (Å²) in [5.74, 6) is -2.45. The number of nitrogens with one attached hydrogen (secondary N) is 2. The molecule has 0 radical (unpaired) electrons. The molecule has 0 unspecified atom stereocenters. The third-order valence-electron chi connectivity index (χ3n) is 2.50. The Labute approximate surface area is 113 Å². The number of hydrogen-bond donors (Lipinski definition) is 2. The Bertz CT molecular complexity index is 614. The molecule has 104 valence electrons. The van der Waals surface area contributed by atoms with Crippen LogP contribution in [0, 0.1) is 17.5 Å². The summed E-state index contributed by atoms with van der Waals surface area (Å²) in [5, 5.41) is 5.05. The van der Waals surface area contributed by atoms with Gasteiger partial charge in [-0.1, -0.05) is 0 Å². The second-order valence-corrected chi connectivity index (χ2v) is 4.03. The zero-order chi connectivity index (χ0) is 14.5. The van der Waals surface area contributed by atoms with Crippen molar-refractivity contribution in [1.29, 1.82) is 0 Å². The normalized spacial score (nSPS) is 10.2. The van der Waals surface area contributed by atoms with E-state index in [9.17, 15) is 18.0 Å². The Balaban J connectivity index is 1.90. The lowest BCUT2D eigenvalue weighted by molar-refractivity contribution is -0.114. The molecule has 0 atom stereocenters. The molecule has 1 amide bonds. The molecule has 2 N–H and O–H groups in total. The van der Waals surface area contributed by atoms with Crippen molar-refractivity contribution >= 4 is 17.3 Å². The highest BCUT2D eigenvalue weighted by atomic mass is 19.1. The van der Waals surface area contributed by atoms with Crippen molar-refractivity contribution in [2.75, 3.05) is 17.2 Å². The van der Waals surface area contributed by atoms with Crippen LogP contribution in [0.3, 0.4) is 0 Å². The molecule has 3 nitrogen and oxygen atoms in total. The van der Waals surface area contributed by atoms with Crippen LogP contribution in [-0.2, 0) is 4.79 Å². The number of amides is 1. The standard InChI is InChI=1S/C14H11F3N2O/c15-9-1-4-11(5-2-9)18-8-14(20)19-13-6-3-10(16)7-12(13)17/h1-7,18H,8H2,(H,19,20). The summed E-state index contributed by atoms with van der Waals surface area (Å²) in [6.07, 6.45) is 0. The van der Waals surface area contributed by atoms with Gasteiger partial charge in [-0.25, -0.2) is 13.2 Å². The Kier molecular flexibility index (Phi) is 4.24. The van der Waals surface area contributed by atoms with E-state index in [1.807, 2.05) is 0 Å². The van der Waals surface area contributed by atoms with Crippen LogP contribution in [0.2, 0.25) is 0 Å². The number of rotatable bonds is 4. The van der Waals surface area contributed by atoms with E-state index in [-0.39, 0.29) is 18.0 Å². The van der Waals surface area contributed by atoms with Crippen LogP contribution in [0.4, 0.5) is 24.5 Å². The molecule has 20 heavy (non-hydrogen) atoms. The molecule has 2 aromatic rings. The summed E-state index contributed by atoms with van der Waals surface area (Å²) in [7, 11) is 0. The Morgan fingerprint density at radius 2 is 1.60 bits per heavy atom. The molecule has 0 aliphatic carbocycles. The van der Waals surface area contributed by atoms with Gasteiger partial charge in [0.05, 0.1) is 12.2 Å². The zero-order valence-electron chi connectivity index (χ0n) is 10.3. The van der Waals surface area contributed by atoms with Crippen molar-refractivity contribution in [3.63, 3.8) is 0 Å². The third kappa shape index (κ3) is 3.74. The molecule has 0 bridgehead atoms. The van der Waals surface area contributed by atoms with Crippen LogP contribution in [0.5, 0.6) is 0 Å². The molecule has 0 heterocycles. The molecule has 0 aliphatic heterocycles. The van der Waals surface area contributed by atoms with Crippen LogP contribution in [0.1, 0.15) is 0 Å². The minimum absolute atomic E-state index is 0.0997. The largest absolute Gasteiger partial charge is 0.376 e. The SMILES string of the molecule is O=C(CNc1ccc(F)cc1)Nc1ccc(F)cc1F. The van der Waals surface area contributed by atoms with E-state index in [1.165, 1.54) is 24.3 Å². The fourth-order valence-electron chi connectivity index (χ4n) is 1.54. The minimum atomic E-state index is -0.847. The van der Waals surface area contributed by atoms with Crippen molar-refractivity contribution in [3.8, 4) is 0 Å². The summed E-state index contributed by atoms with van der Waals surface area (Å²) in [6.45, 7) is -0.123. The summed E-state index contributed by atoms with van der Waals surface area (Å²) < 4.78 is 38.7. The average molecular weight is 280 g/mol. The highest BCUT2D eigenvalue weighted by Crippen LogP contribution is 2.15. The summed E-state index contributed by atoms with van der Waals surface area (Å²) >= 11 is 0. The first-order chi connectivity index (χ1) is 9.54. The van der Waals surface area contributed by atoms with Crippen LogP contribution >= 0.6 is 0 Å². The van der Waals surface area contributed by atoms with Gasteiger partial charge in [0.2, 0.25) is 5.91 Å². The van der Waals surface area contributed by atoms with E-state index in [1.54, 1.807) is 0 Å². The number of hydrogen-bond acceptors (Lipinski definition) is 2. The van der Waals surface area contributed by atoms with Gasteiger partial charge in [0.15, 0.2) is 0 Å². The smallest absolute Gasteiger partial charge is 0.243 e. The number of carbonyl (C=O) groups excluding carboxylic acids is 1. The highest BCUT2D eigenvalue weighted by molar-refractivity contribution is 5.93. The van der Waals surface area contributed by atoms with Crippen molar-refractivity contribution in [2.24, 2.45) is 0 Å². The third-order valence-corrected chi connectivity index (χ3v) is 2.50. The second-order valence-electron chi connectivity index (χ2n) is 4.03. The van der Waals surface area contributed by atoms with Gasteiger partial charge >= 0.3 is 0 Å². The molecular formula is C14H11F3N2O. The maximum Gasteiger partial charge on any atom is 0.243 e. The van der Waals surface area contributed by atoms with E-state index in [0.717, 1.165) is 12.1 Å². The zero-order valence-corrected chi connectivity index (χ0v) is 10.3. The van der Waals surface area contributed by atoms with Gasteiger partial charge in [0.1, 0.15) is 17.5 Å². The number of carbonyl (C=O) groups is 1. The Morgan fingerprint density at radius 1 is 0.950 bits per heavy atom. The second kappa shape index (κ2) is 6.10. The van der Waals surface area contributed by atoms with Crippen LogP contribution in [0.25, 0.3) is 0 Å². The van der Waals surface area contributed by atoms with Crippen molar-refractivity contribution in [2.45, 2.75) is 0 Å². The van der Waals surface area contributed by atoms with Gasteiger partial charge in [-0.2, -0.15) is 0 Å². The van der Waals surface area contributed by atoms with Gasteiger partial charge in [-0.15, -0.1) is 0 Å². The van der Waals surface area contributed by atoms with E-state index in [4.69, 9.17) is 0 Å². The highest BCUT2D eigenvalue weighted by Gasteiger charge is 2.07. The van der Waals surface area contributed by atoms with E-state index < -0.39 is 17.5 Å². The number of anilines is 2. The Hall–Kier alpha value is -2.50. The van der Waals surface area contributed by atoms with Gasteiger partial charge in [-0.3, -0.25) is 4.79 Å². The predicted octanol–water partition coefficient (Wildman–Crippen LogP) is 3.15. The number of benzene rings is 2. The first-order valence-corrected chi connectivity index (χ1v) is 5.79. The molecule has 0 saturated heterocycles. The van der Waals surface area contributed by atoms with Crippen molar-refractivity contribution in [1.82, 2.24) is 0 Å². The van der Waals surface area contributed by atoms with Crippen LogP contribution < -0.4 is 10.6 Å². The molecule has 2 rings (SSSR count). The van der Waals surface area contributed by atoms with Gasteiger partial charge in [-0.05, 0) is 36.4 Å². The summed E-state index contributed by atoms with van der Waals surface area (Å²) in [4.78, 5) is 11.6. The predicted molar refractivity (Wildman–Crippen MR) is 69.9 cm³/mol. The van der Waals surface area contributed by atoms with Crippen molar-refractivity contribution in [3.05, 3.63) is 59.9 Å². The maximum atomic E-state index is 13.3. The first-order valence-electron chi connectivity index (χ1n) is 5.79. The van der Waals surface area contributed by atoms with E-state index >= 15 is 0 Å². The molecule has 2 aromatic carbocycles. The van der Waals surface area contributed by atoms with Crippen molar-refractivity contribution < 1.29 is 18.0 Å². The van der Waals surface area contributed by atoms with Crippen LogP contribution in [-0.4, -0.2) is 12.5 Å². The lowest BCUT2D eigenvalue weighted by Gasteiger charge is -2.08. The molecule has 0 saturated carbocycles. The van der Waals surface area contributed by atoms with Crippen LogP contribution in [0.15, 0.2) is 42.5 Å². The lowest BCUT2D eigenvalue weighted by Crippen LogP contribution is -2.22. The quantitative estimate of drug-likeness (QED) is 0.903. The monoisotopic (exact) mass is 280 g/mol. The number of halogens is 3. The average Bonchev–Trinajstić information content (AvgIpc) is 2.41. The van der Waals surface area contributed by atoms with Gasteiger partial charge < -0.3 is 10.6 Å².